The number of rotatable bonds is 6. The van der Waals surface area contributed by atoms with Crippen LogP contribution in [0.2, 0.25) is 10.0 Å². The molecule has 8 heteroatoms. The zero-order valence-electron chi connectivity index (χ0n) is 12.7. The molecule has 2 aromatic rings. The summed E-state index contributed by atoms with van der Waals surface area (Å²) < 4.78 is 0. The topological polar surface area (TPSA) is 111 Å². The van der Waals surface area contributed by atoms with Gasteiger partial charge in [-0.25, -0.2) is 4.98 Å². The lowest BCUT2D eigenvalue weighted by Crippen LogP contribution is -2.23. The number of carbonyl (C=O) groups excluding carboxylic acids is 2. The molecule has 0 aliphatic rings. The van der Waals surface area contributed by atoms with Crippen molar-refractivity contribution in [2.75, 3.05) is 5.73 Å². The number of pyridine rings is 1. The van der Waals surface area contributed by atoms with Crippen LogP contribution in [0.4, 0.5) is 5.82 Å². The van der Waals surface area contributed by atoms with Crippen molar-refractivity contribution in [2.45, 2.75) is 19.4 Å². The molecule has 1 heterocycles. The van der Waals surface area contributed by atoms with Gasteiger partial charge < -0.3 is 16.8 Å². The Morgan fingerprint density at radius 2 is 1.96 bits per heavy atom. The van der Waals surface area contributed by atoms with Crippen LogP contribution in [0.3, 0.4) is 0 Å². The Labute approximate surface area is 149 Å². The van der Waals surface area contributed by atoms with Crippen LogP contribution >= 0.6 is 23.2 Å². The van der Waals surface area contributed by atoms with Crippen molar-refractivity contribution in [1.29, 1.82) is 0 Å². The zero-order chi connectivity index (χ0) is 17.7. The third-order valence-corrected chi connectivity index (χ3v) is 4.00. The number of hydrogen-bond acceptors (Lipinski definition) is 4. The maximum Gasteiger partial charge on any atom is 0.250 e. The number of aromatic nitrogens is 1. The van der Waals surface area contributed by atoms with Crippen LogP contribution < -0.4 is 16.8 Å². The largest absolute Gasteiger partial charge is 0.384 e. The molecule has 24 heavy (non-hydrogen) atoms. The van der Waals surface area contributed by atoms with E-state index in [-0.39, 0.29) is 22.9 Å². The number of nitrogens with two attached hydrogens (primary N) is 2. The summed E-state index contributed by atoms with van der Waals surface area (Å²) in [6.07, 6.45) is 2.13. The standard InChI is InChI=1S/C16H16Cl2N4O2/c17-11-5-10(15(18)12(6-11)16(20)24)2-4-14(23)22-8-9-1-3-13(19)21-7-9/h1,3,5-7H,2,4,8H2,(H2,19,21)(H2,20,24)(H,22,23). The summed E-state index contributed by atoms with van der Waals surface area (Å²) in [5.74, 6) is -0.404. The van der Waals surface area contributed by atoms with E-state index in [1.54, 1.807) is 24.4 Å². The number of primary amides is 1. The van der Waals surface area contributed by atoms with Gasteiger partial charge in [0.15, 0.2) is 0 Å². The number of halogens is 2. The zero-order valence-corrected chi connectivity index (χ0v) is 14.2. The van der Waals surface area contributed by atoms with Crippen LogP contribution in [0.15, 0.2) is 30.5 Å². The summed E-state index contributed by atoms with van der Waals surface area (Å²) in [7, 11) is 0. The third-order valence-electron chi connectivity index (χ3n) is 3.34. The van der Waals surface area contributed by atoms with Gasteiger partial charge in [-0.1, -0.05) is 29.3 Å². The number of nitrogen functional groups attached to an aromatic ring is 1. The van der Waals surface area contributed by atoms with Gasteiger partial charge in [-0.15, -0.1) is 0 Å². The van der Waals surface area contributed by atoms with Gasteiger partial charge in [0.25, 0.3) is 0 Å². The number of nitrogens with zero attached hydrogens (tertiary/aromatic N) is 1. The molecule has 1 aromatic heterocycles. The predicted molar refractivity (Wildman–Crippen MR) is 93.8 cm³/mol. The van der Waals surface area contributed by atoms with Gasteiger partial charge in [-0.05, 0) is 35.7 Å². The minimum Gasteiger partial charge on any atom is -0.384 e. The van der Waals surface area contributed by atoms with Crippen molar-refractivity contribution in [3.05, 3.63) is 57.2 Å². The summed E-state index contributed by atoms with van der Waals surface area (Å²) in [4.78, 5) is 27.2. The minimum atomic E-state index is -0.663. The van der Waals surface area contributed by atoms with Gasteiger partial charge in [-0.2, -0.15) is 0 Å². The first-order chi connectivity index (χ1) is 11.4. The van der Waals surface area contributed by atoms with E-state index in [4.69, 9.17) is 34.7 Å². The number of aryl methyl sites for hydroxylation is 1. The molecule has 0 bridgehead atoms. The molecule has 2 rings (SSSR count). The fourth-order valence-corrected chi connectivity index (χ4v) is 2.62. The van der Waals surface area contributed by atoms with Crippen molar-refractivity contribution in [2.24, 2.45) is 5.73 Å². The lowest BCUT2D eigenvalue weighted by Gasteiger charge is -2.09. The number of amides is 2. The molecule has 0 aliphatic heterocycles. The van der Waals surface area contributed by atoms with Crippen molar-refractivity contribution in [1.82, 2.24) is 10.3 Å². The van der Waals surface area contributed by atoms with Crippen LogP contribution in [-0.4, -0.2) is 16.8 Å². The van der Waals surface area contributed by atoms with Crippen LogP contribution in [0, 0.1) is 0 Å². The second-order valence-electron chi connectivity index (χ2n) is 5.16. The molecule has 126 valence electrons. The van der Waals surface area contributed by atoms with E-state index in [9.17, 15) is 9.59 Å². The van der Waals surface area contributed by atoms with Gasteiger partial charge in [0, 0.05) is 24.2 Å². The molecule has 0 atom stereocenters. The molecular formula is C16H16Cl2N4O2. The molecule has 6 nitrogen and oxygen atoms in total. The van der Waals surface area contributed by atoms with E-state index >= 15 is 0 Å². The van der Waals surface area contributed by atoms with Crippen LogP contribution in [0.25, 0.3) is 0 Å². The Balaban J connectivity index is 1.94. The smallest absolute Gasteiger partial charge is 0.250 e. The molecule has 0 spiro atoms. The highest BCUT2D eigenvalue weighted by molar-refractivity contribution is 6.36. The van der Waals surface area contributed by atoms with Gasteiger partial charge in [0.05, 0.1) is 10.6 Å². The maximum atomic E-state index is 11.9. The Hall–Kier alpha value is -2.31. The number of hydrogen-bond donors (Lipinski definition) is 3. The van der Waals surface area contributed by atoms with E-state index in [2.05, 4.69) is 10.3 Å². The van der Waals surface area contributed by atoms with E-state index in [0.29, 0.717) is 29.4 Å². The molecule has 0 aliphatic carbocycles. The lowest BCUT2D eigenvalue weighted by molar-refractivity contribution is -0.121. The number of anilines is 1. The third kappa shape index (κ3) is 4.84. The quantitative estimate of drug-likeness (QED) is 0.727. The van der Waals surface area contributed by atoms with Crippen molar-refractivity contribution in [3.8, 4) is 0 Å². The predicted octanol–water partition coefficient (Wildman–Crippen LogP) is 2.32. The minimum absolute atomic E-state index is 0.146. The first-order valence-electron chi connectivity index (χ1n) is 7.11. The molecule has 0 radical (unpaired) electrons. The summed E-state index contributed by atoms with van der Waals surface area (Å²) in [5, 5.41) is 3.34. The van der Waals surface area contributed by atoms with Crippen LogP contribution in [0.1, 0.15) is 27.9 Å². The first-order valence-corrected chi connectivity index (χ1v) is 7.87. The molecule has 1 aromatic carbocycles. The van der Waals surface area contributed by atoms with E-state index in [0.717, 1.165) is 5.56 Å². The SMILES string of the molecule is NC(=O)c1cc(Cl)cc(CCC(=O)NCc2ccc(N)nc2)c1Cl. The molecule has 0 fully saturated rings. The molecule has 5 N–H and O–H groups in total. The summed E-state index contributed by atoms with van der Waals surface area (Å²) in [6, 6.07) is 6.48. The Morgan fingerprint density at radius 1 is 1.21 bits per heavy atom. The van der Waals surface area contributed by atoms with Crippen LogP contribution in [0.5, 0.6) is 0 Å². The fourth-order valence-electron chi connectivity index (χ4n) is 2.08. The first kappa shape index (κ1) is 18.0. The average Bonchev–Trinajstić information content (AvgIpc) is 2.54. The van der Waals surface area contributed by atoms with Gasteiger partial charge in [0.1, 0.15) is 5.82 Å². The second kappa shape index (κ2) is 7.99. The molecule has 0 unspecified atom stereocenters. The number of nitrogens with one attached hydrogen (secondary N) is 1. The number of carbonyl (C=O) groups is 2. The molecule has 0 saturated carbocycles. The molecule has 0 saturated heterocycles. The van der Waals surface area contributed by atoms with Crippen LogP contribution in [-0.2, 0) is 17.8 Å². The highest BCUT2D eigenvalue weighted by Gasteiger charge is 2.14. The number of benzene rings is 1. The van der Waals surface area contributed by atoms with Gasteiger partial charge in [0.2, 0.25) is 11.8 Å². The van der Waals surface area contributed by atoms with Crippen molar-refractivity contribution < 1.29 is 9.59 Å². The summed E-state index contributed by atoms with van der Waals surface area (Å²) in [6.45, 7) is 0.349. The second-order valence-corrected chi connectivity index (χ2v) is 5.97. The average molecular weight is 367 g/mol. The lowest BCUT2D eigenvalue weighted by atomic mass is 10.1. The van der Waals surface area contributed by atoms with E-state index in [1.807, 2.05) is 0 Å². The van der Waals surface area contributed by atoms with Gasteiger partial charge in [-0.3, -0.25) is 9.59 Å². The Morgan fingerprint density at radius 3 is 2.58 bits per heavy atom. The molecular weight excluding hydrogens is 351 g/mol. The Kier molecular flexibility index (Phi) is 6.00. The maximum absolute atomic E-state index is 11.9. The highest BCUT2D eigenvalue weighted by Crippen LogP contribution is 2.26. The summed E-state index contributed by atoms with van der Waals surface area (Å²) >= 11 is 12.1. The highest BCUT2D eigenvalue weighted by atomic mass is 35.5. The molecule has 2 amide bonds. The monoisotopic (exact) mass is 366 g/mol. The van der Waals surface area contributed by atoms with Crippen molar-refractivity contribution >= 4 is 40.8 Å². The van der Waals surface area contributed by atoms with Crippen molar-refractivity contribution in [3.63, 3.8) is 0 Å². The summed E-state index contributed by atoms with van der Waals surface area (Å²) in [5.41, 5.74) is 12.3. The van der Waals surface area contributed by atoms with Gasteiger partial charge >= 0.3 is 0 Å². The Bertz CT molecular complexity index is 763. The van der Waals surface area contributed by atoms with E-state index in [1.165, 1.54) is 6.07 Å². The normalized spacial score (nSPS) is 10.4. The van der Waals surface area contributed by atoms with E-state index < -0.39 is 5.91 Å². The fraction of sp³-hybridized carbons (Fsp3) is 0.188.